The van der Waals surface area contributed by atoms with Gasteiger partial charge in [0.2, 0.25) is 5.91 Å². The highest BCUT2D eigenvalue weighted by Gasteiger charge is 2.42. The zero-order valence-corrected chi connectivity index (χ0v) is 11.8. The van der Waals surface area contributed by atoms with E-state index in [1.807, 2.05) is 11.4 Å². The Kier molecular flexibility index (Phi) is 3.52. The minimum absolute atomic E-state index is 0.129. The quantitative estimate of drug-likeness (QED) is 0.860. The summed E-state index contributed by atoms with van der Waals surface area (Å²) in [5, 5.41) is 20.9. The zero-order valence-electron chi connectivity index (χ0n) is 11.0. The van der Waals surface area contributed by atoms with Gasteiger partial charge in [-0.3, -0.25) is 4.79 Å². The first-order valence-corrected chi connectivity index (χ1v) is 7.73. The number of carbonyl (C=O) groups excluding carboxylic acids is 1. The van der Waals surface area contributed by atoms with Crippen molar-refractivity contribution in [2.75, 3.05) is 6.54 Å². The van der Waals surface area contributed by atoms with Crippen LogP contribution in [0, 0.1) is 0 Å². The van der Waals surface area contributed by atoms with E-state index in [9.17, 15) is 19.8 Å². The number of β-amino-alcohol motifs (C(OH)–C–C–N with tert-alkyl or cyclic N) is 1. The highest BCUT2D eigenvalue weighted by molar-refractivity contribution is 7.10. The molecule has 0 radical (unpaired) electrons. The summed E-state index contributed by atoms with van der Waals surface area (Å²) in [4.78, 5) is 26.5. The smallest absolute Gasteiger partial charge is 0.326 e. The van der Waals surface area contributed by atoms with Crippen LogP contribution in [0.3, 0.4) is 0 Å². The fourth-order valence-corrected chi connectivity index (χ4v) is 4.22. The number of carboxylic acid groups (broad SMARTS) is 1. The van der Waals surface area contributed by atoms with Gasteiger partial charge in [0.05, 0.1) is 12.0 Å². The van der Waals surface area contributed by atoms with Gasteiger partial charge in [-0.1, -0.05) is 0 Å². The fourth-order valence-electron chi connectivity index (χ4n) is 3.23. The molecule has 2 aliphatic rings. The molecular formula is C14H17NO4S. The second kappa shape index (κ2) is 5.18. The molecule has 2 N–H and O–H groups in total. The third kappa shape index (κ3) is 2.23. The number of thiophene rings is 1. The molecule has 5 nitrogen and oxygen atoms in total. The van der Waals surface area contributed by atoms with Gasteiger partial charge in [-0.25, -0.2) is 4.79 Å². The minimum atomic E-state index is -1.03. The molecule has 108 valence electrons. The van der Waals surface area contributed by atoms with E-state index < -0.39 is 18.1 Å². The van der Waals surface area contributed by atoms with Crippen molar-refractivity contribution in [3.05, 3.63) is 21.9 Å². The Morgan fingerprint density at radius 1 is 1.40 bits per heavy atom. The van der Waals surface area contributed by atoms with E-state index in [1.54, 1.807) is 11.3 Å². The summed E-state index contributed by atoms with van der Waals surface area (Å²) in [5.41, 5.74) is 1.05. The van der Waals surface area contributed by atoms with Gasteiger partial charge in [0.1, 0.15) is 6.04 Å². The number of hydrogen-bond acceptors (Lipinski definition) is 4. The summed E-state index contributed by atoms with van der Waals surface area (Å²) in [6.07, 6.45) is 2.12. The van der Waals surface area contributed by atoms with Gasteiger partial charge in [-0.2, -0.15) is 0 Å². The molecule has 1 amide bonds. The van der Waals surface area contributed by atoms with Crippen LogP contribution in [0.1, 0.15) is 35.6 Å². The monoisotopic (exact) mass is 295 g/mol. The van der Waals surface area contributed by atoms with Crippen LogP contribution in [-0.2, 0) is 16.0 Å². The van der Waals surface area contributed by atoms with E-state index in [1.165, 1.54) is 9.78 Å². The summed E-state index contributed by atoms with van der Waals surface area (Å²) < 4.78 is 0. The molecule has 1 aliphatic heterocycles. The van der Waals surface area contributed by atoms with E-state index >= 15 is 0 Å². The number of carboxylic acids is 1. The molecule has 20 heavy (non-hydrogen) atoms. The minimum Gasteiger partial charge on any atom is -0.480 e. The summed E-state index contributed by atoms with van der Waals surface area (Å²) in [5.74, 6) is -1.42. The third-order valence-corrected chi connectivity index (χ3v) is 5.19. The van der Waals surface area contributed by atoms with Crippen LogP contribution in [0.2, 0.25) is 0 Å². The first-order chi connectivity index (χ1) is 9.58. The lowest BCUT2D eigenvalue weighted by Gasteiger charge is -2.29. The Bertz CT molecular complexity index is 541. The van der Waals surface area contributed by atoms with E-state index in [-0.39, 0.29) is 24.8 Å². The largest absolute Gasteiger partial charge is 0.480 e. The van der Waals surface area contributed by atoms with Crippen LogP contribution in [0.4, 0.5) is 0 Å². The predicted octanol–water partition coefficient (Wildman–Crippen LogP) is 1.21. The first kappa shape index (κ1) is 13.6. The average Bonchev–Trinajstić information content (AvgIpc) is 3.03. The van der Waals surface area contributed by atoms with Gasteiger partial charge >= 0.3 is 5.97 Å². The molecule has 0 saturated carbocycles. The van der Waals surface area contributed by atoms with Crippen molar-refractivity contribution in [1.82, 2.24) is 4.90 Å². The lowest BCUT2D eigenvalue weighted by Crippen LogP contribution is -2.43. The topological polar surface area (TPSA) is 77.8 Å². The summed E-state index contributed by atoms with van der Waals surface area (Å²) in [6, 6.07) is 1.09. The fraction of sp³-hybridized carbons (Fsp3) is 0.571. The van der Waals surface area contributed by atoms with Crippen LogP contribution >= 0.6 is 11.3 Å². The van der Waals surface area contributed by atoms with Crippen molar-refractivity contribution in [2.24, 2.45) is 0 Å². The Balaban J connectivity index is 1.85. The average molecular weight is 295 g/mol. The summed E-state index contributed by atoms with van der Waals surface area (Å²) >= 11 is 1.66. The second-order valence-electron chi connectivity index (χ2n) is 5.48. The Labute approximate surface area is 120 Å². The number of aliphatic hydroxyl groups is 1. The van der Waals surface area contributed by atoms with Crippen LogP contribution in [0.15, 0.2) is 11.4 Å². The molecule has 2 heterocycles. The lowest BCUT2D eigenvalue weighted by atomic mass is 9.86. The molecule has 3 rings (SSSR count). The Morgan fingerprint density at radius 2 is 2.20 bits per heavy atom. The highest BCUT2D eigenvalue weighted by atomic mass is 32.1. The highest BCUT2D eigenvalue weighted by Crippen LogP contribution is 2.37. The number of aryl methyl sites for hydroxylation is 1. The third-order valence-electron chi connectivity index (χ3n) is 4.20. The van der Waals surface area contributed by atoms with Gasteiger partial charge in [0, 0.05) is 17.8 Å². The Hall–Kier alpha value is -1.40. The van der Waals surface area contributed by atoms with Gasteiger partial charge in [0.25, 0.3) is 0 Å². The van der Waals surface area contributed by atoms with Crippen molar-refractivity contribution < 1.29 is 19.8 Å². The standard InChI is InChI=1S/C14H17NO4S/c16-8-6-11(14(18)19)15(7-8)13(17)10-2-1-3-12-9(10)4-5-20-12/h4-5,8,10-11,16H,1-3,6-7H2,(H,18,19)/t8?,10?,11-/m0/s1. The number of nitrogens with zero attached hydrogens (tertiary/aromatic N) is 1. The van der Waals surface area contributed by atoms with Crippen molar-refractivity contribution in [3.8, 4) is 0 Å². The number of carbonyl (C=O) groups is 2. The number of rotatable bonds is 2. The molecule has 6 heteroatoms. The molecule has 0 aromatic carbocycles. The number of likely N-dealkylation sites (tertiary alicyclic amines) is 1. The van der Waals surface area contributed by atoms with Gasteiger partial charge in [0.15, 0.2) is 0 Å². The maximum atomic E-state index is 12.7. The van der Waals surface area contributed by atoms with Crippen LogP contribution in [0.25, 0.3) is 0 Å². The SMILES string of the molecule is O=C(O)[C@@H]1CC(O)CN1C(=O)C1CCCc2sccc21. The van der Waals surface area contributed by atoms with Gasteiger partial charge in [-0.05, 0) is 36.3 Å². The maximum Gasteiger partial charge on any atom is 0.326 e. The van der Waals surface area contributed by atoms with Gasteiger partial charge < -0.3 is 15.1 Å². The van der Waals surface area contributed by atoms with E-state index in [2.05, 4.69) is 0 Å². The van der Waals surface area contributed by atoms with Crippen molar-refractivity contribution in [1.29, 1.82) is 0 Å². The normalized spacial score (nSPS) is 29.2. The lowest BCUT2D eigenvalue weighted by molar-refractivity contribution is -0.148. The molecular weight excluding hydrogens is 278 g/mol. The van der Waals surface area contributed by atoms with Crippen molar-refractivity contribution in [3.63, 3.8) is 0 Å². The molecule has 1 aliphatic carbocycles. The number of aliphatic hydroxyl groups excluding tert-OH is 1. The molecule has 1 aromatic rings. The van der Waals surface area contributed by atoms with E-state index in [0.29, 0.717) is 0 Å². The molecule has 1 fully saturated rings. The van der Waals surface area contributed by atoms with Gasteiger partial charge in [-0.15, -0.1) is 11.3 Å². The zero-order chi connectivity index (χ0) is 14.3. The second-order valence-corrected chi connectivity index (χ2v) is 6.48. The first-order valence-electron chi connectivity index (χ1n) is 6.85. The molecule has 3 atom stereocenters. The summed E-state index contributed by atoms with van der Waals surface area (Å²) in [7, 11) is 0. The molecule has 1 saturated heterocycles. The maximum absolute atomic E-state index is 12.7. The molecule has 1 aromatic heterocycles. The number of fused-ring (bicyclic) bond motifs is 1. The molecule has 0 bridgehead atoms. The van der Waals surface area contributed by atoms with E-state index in [0.717, 1.165) is 24.8 Å². The van der Waals surface area contributed by atoms with Crippen LogP contribution in [0.5, 0.6) is 0 Å². The van der Waals surface area contributed by atoms with Crippen LogP contribution in [-0.4, -0.2) is 45.7 Å². The number of amides is 1. The summed E-state index contributed by atoms with van der Waals surface area (Å²) in [6.45, 7) is 0.131. The van der Waals surface area contributed by atoms with E-state index in [4.69, 9.17) is 0 Å². The number of aliphatic carboxylic acids is 1. The number of hydrogen-bond donors (Lipinski definition) is 2. The van der Waals surface area contributed by atoms with Crippen molar-refractivity contribution >= 4 is 23.2 Å². The molecule has 0 spiro atoms. The van der Waals surface area contributed by atoms with Crippen LogP contribution < -0.4 is 0 Å². The molecule has 2 unspecified atom stereocenters. The van der Waals surface area contributed by atoms with Crippen molar-refractivity contribution in [2.45, 2.75) is 43.7 Å². The Morgan fingerprint density at radius 3 is 2.95 bits per heavy atom. The predicted molar refractivity (Wildman–Crippen MR) is 73.8 cm³/mol.